The van der Waals surface area contributed by atoms with Gasteiger partial charge in [0.2, 0.25) is 0 Å². The number of esters is 2. The van der Waals surface area contributed by atoms with Gasteiger partial charge in [-0.2, -0.15) is 0 Å². The maximum absolute atomic E-state index is 12.6. The topological polar surface area (TPSA) is 96.1 Å². The van der Waals surface area contributed by atoms with E-state index < -0.39 is 23.1 Å². The largest absolute Gasteiger partial charge is 0.454 e. The molecular formula is C22H30O8. The highest BCUT2D eigenvalue weighted by Gasteiger charge is 2.29. The summed E-state index contributed by atoms with van der Waals surface area (Å²) >= 11 is 0. The minimum atomic E-state index is -0.812. The highest BCUT2D eigenvalue weighted by molar-refractivity contribution is 5.95. The normalized spacial score (nSPS) is 20.5. The summed E-state index contributed by atoms with van der Waals surface area (Å²) in [5.41, 5.74) is -1.09. The summed E-state index contributed by atoms with van der Waals surface area (Å²) in [5, 5.41) is 0. The third-order valence-electron chi connectivity index (χ3n) is 4.38. The van der Waals surface area contributed by atoms with Crippen LogP contribution in [-0.2, 0) is 28.4 Å². The number of hydrogen-bond donors (Lipinski definition) is 0. The van der Waals surface area contributed by atoms with E-state index in [4.69, 9.17) is 28.4 Å². The molecule has 0 bridgehead atoms. The minimum Gasteiger partial charge on any atom is -0.454 e. The highest BCUT2D eigenvalue weighted by Crippen LogP contribution is 2.19. The first-order chi connectivity index (χ1) is 14.1. The van der Waals surface area contributed by atoms with Gasteiger partial charge in [-0.15, -0.1) is 0 Å². The van der Waals surface area contributed by atoms with E-state index in [1.54, 1.807) is 45.9 Å². The molecule has 2 aliphatic rings. The Hall–Kier alpha value is -2.00. The molecule has 3 rings (SSSR count). The van der Waals surface area contributed by atoms with Crippen LogP contribution in [0.15, 0.2) is 24.3 Å². The molecular weight excluding hydrogens is 392 g/mol. The smallest absolute Gasteiger partial charge is 0.338 e. The first-order valence-corrected chi connectivity index (χ1v) is 10.1. The van der Waals surface area contributed by atoms with Gasteiger partial charge in [0, 0.05) is 0 Å². The van der Waals surface area contributed by atoms with Gasteiger partial charge in [-0.1, -0.05) is 6.07 Å². The Morgan fingerprint density at radius 1 is 0.867 bits per heavy atom. The van der Waals surface area contributed by atoms with Crippen LogP contribution in [0, 0.1) is 0 Å². The van der Waals surface area contributed by atoms with E-state index in [1.165, 1.54) is 6.07 Å². The van der Waals surface area contributed by atoms with Crippen LogP contribution in [-0.4, -0.2) is 75.0 Å². The van der Waals surface area contributed by atoms with Crippen molar-refractivity contribution in [3.8, 4) is 0 Å². The third kappa shape index (κ3) is 7.68. The monoisotopic (exact) mass is 422 g/mol. The molecule has 1 aromatic carbocycles. The van der Waals surface area contributed by atoms with E-state index in [0.717, 1.165) is 0 Å². The highest BCUT2D eigenvalue weighted by atomic mass is 16.6. The van der Waals surface area contributed by atoms with Gasteiger partial charge in [0.05, 0.1) is 50.8 Å². The molecule has 0 spiro atoms. The lowest BCUT2D eigenvalue weighted by Crippen LogP contribution is -2.34. The minimum absolute atomic E-state index is 0.149. The number of hydrogen-bond acceptors (Lipinski definition) is 8. The van der Waals surface area contributed by atoms with E-state index in [1.807, 2.05) is 0 Å². The molecule has 0 N–H and O–H groups in total. The molecule has 8 heteroatoms. The van der Waals surface area contributed by atoms with Gasteiger partial charge in [-0.05, 0) is 45.9 Å². The van der Waals surface area contributed by atoms with Crippen molar-refractivity contribution in [3.63, 3.8) is 0 Å². The van der Waals surface area contributed by atoms with E-state index >= 15 is 0 Å². The van der Waals surface area contributed by atoms with E-state index in [0.29, 0.717) is 26.4 Å². The van der Waals surface area contributed by atoms with Gasteiger partial charge in [0.25, 0.3) is 0 Å². The molecule has 1 aromatic rings. The zero-order chi connectivity index (χ0) is 21.8. The van der Waals surface area contributed by atoms with Crippen molar-refractivity contribution in [3.05, 3.63) is 35.4 Å². The summed E-state index contributed by atoms with van der Waals surface area (Å²) in [4.78, 5) is 25.1. The van der Waals surface area contributed by atoms with Crippen molar-refractivity contribution in [2.75, 3.05) is 39.6 Å². The maximum atomic E-state index is 12.6. The molecule has 8 nitrogen and oxygen atoms in total. The van der Waals surface area contributed by atoms with Gasteiger partial charge in [-0.25, -0.2) is 9.59 Å². The predicted octanol–water partition coefficient (Wildman–Crippen LogP) is 2.39. The summed E-state index contributed by atoms with van der Waals surface area (Å²) in [6, 6.07) is 6.28. The quantitative estimate of drug-likeness (QED) is 0.374. The number of carbonyl (C=O) groups is 2. The molecule has 0 aliphatic carbocycles. The standard InChI is InChI=1S/C22H30O8/c1-21(2,13-25-9-17-11-27-17)29-19(23)15-6-5-7-16(8-15)20(24)30-22(3,4)14-26-10-18-12-28-18/h5-8,17-18H,9-14H2,1-4H3. The second-order valence-corrected chi connectivity index (χ2v) is 8.82. The van der Waals surface area contributed by atoms with Crippen molar-refractivity contribution in [2.45, 2.75) is 51.1 Å². The first kappa shape index (κ1) is 22.7. The summed E-state index contributed by atoms with van der Waals surface area (Å²) in [7, 11) is 0. The van der Waals surface area contributed by atoms with Gasteiger partial charge in [-0.3, -0.25) is 0 Å². The van der Waals surface area contributed by atoms with Gasteiger partial charge >= 0.3 is 11.9 Å². The number of rotatable bonds is 12. The fourth-order valence-corrected chi connectivity index (χ4v) is 2.65. The Morgan fingerprint density at radius 3 is 1.63 bits per heavy atom. The molecule has 0 amide bonds. The molecule has 2 heterocycles. The van der Waals surface area contributed by atoms with E-state index in [2.05, 4.69) is 0 Å². The van der Waals surface area contributed by atoms with Crippen LogP contribution < -0.4 is 0 Å². The van der Waals surface area contributed by atoms with Gasteiger partial charge < -0.3 is 28.4 Å². The molecule has 166 valence electrons. The van der Waals surface area contributed by atoms with Gasteiger partial charge in [0.1, 0.15) is 23.4 Å². The predicted molar refractivity (Wildman–Crippen MR) is 107 cm³/mol. The Balaban J connectivity index is 1.51. The lowest BCUT2D eigenvalue weighted by Gasteiger charge is -2.25. The molecule has 2 fully saturated rings. The van der Waals surface area contributed by atoms with Crippen LogP contribution >= 0.6 is 0 Å². The van der Waals surface area contributed by atoms with E-state index in [9.17, 15) is 9.59 Å². The van der Waals surface area contributed by atoms with Crippen LogP contribution in [0.25, 0.3) is 0 Å². The molecule has 2 unspecified atom stereocenters. The van der Waals surface area contributed by atoms with Crippen LogP contribution in [0.1, 0.15) is 48.4 Å². The van der Waals surface area contributed by atoms with Gasteiger partial charge in [0.15, 0.2) is 0 Å². The fourth-order valence-electron chi connectivity index (χ4n) is 2.65. The Labute approximate surface area is 176 Å². The lowest BCUT2D eigenvalue weighted by atomic mass is 10.1. The molecule has 2 saturated heterocycles. The van der Waals surface area contributed by atoms with Crippen LogP contribution in [0.2, 0.25) is 0 Å². The number of carbonyl (C=O) groups excluding carboxylic acids is 2. The molecule has 30 heavy (non-hydrogen) atoms. The Bertz CT molecular complexity index is 690. The summed E-state index contributed by atoms with van der Waals surface area (Å²) in [5.74, 6) is -1.07. The number of benzene rings is 1. The van der Waals surface area contributed by atoms with Crippen molar-refractivity contribution < 1.29 is 38.0 Å². The Morgan fingerprint density at radius 2 is 1.27 bits per heavy atom. The fraction of sp³-hybridized carbons (Fsp3) is 0.636. The molecule has 2 atom stereocenters. The third-order valence-corrected chi connectivity index (χ3v) is 4.38. The Kier molecular flexibility index (Phi) is 7.13. The summed E-state index contributed by atoms with van der Waals surface area (Å²) < 4.78 is 32.3. The lowest BCUT2D eigenvalue weighted by molar-refractivity contribution is -0.0490. The zero-order valence-corrected chi connectivity index (χ0v) is 18.0. The second-order valence-electron chi connectivity index (χ2n) is 8.82. The number of ether oxygens (including phenoxy) is 6. The van der Waals surface area contributed by atoms with Crippen molar-refractivity contribution >= 4 is 11.9 Å². The average Bonchev–Trinajstić information content (AvgIpc) is 3.56. The zero-order valence-electron chi connectivity index (χ0n) is 18.0. The second kappa shape index (κ2) is 9.43. The van der Waals surface area contributed by atoms with Crippen molar-refractivity contribution in [2.24, 2.45) is 0 Å². The van der Waals surface area contributed by atoms with Crippen LogP contribution in [0.5, 0.6) is 0 Å². The van der Waals surface area contributed by atoms with Crippen molar-refractivity contribution in [1.29, 1.82) is 0 Å². The van der Waals surface area contributed by atoms with Crippen LogP contribution in [0.4, 0.5) is 0 Å². The molecule has 2 aliphatic heterocycles. The SMILES string of the molecule is CC(C)(COCC1CO1)OC(=O)c1cccc(C(=O)OC(C)(C)COCC2CO2)c1. The maximum Gasteiger partial charge on any atom is 0.338 e. The summed E-state index contributed by atoms with van der Waals surface area (Å²) in [6.07, 6.45) is 0.298. The van der Waals surface area contributed by atoms with Crippen molar-refractivity contribution in [1.82, 2.24) is 0 Å². The summed E-state index contributed by atoms with van der Waals surface area (Å²) in [6.45, 7) is 9.96. The molecule has 0 radical (unpaired) electrons. The average molecular weight is 422 g/mol. The number of epoxide rings is 2. The van der Waals surface area contributed by atoms with E-state index in [-0.39, 0.29) is 36.5 Å². The van der Waals surface area contributed by atoms with Crippen LogP contribution in [0.3, 0.4) is 0 Å². The first-order valence-electron chi connectivity index (χ1n) is 10.1. The molecule has 0 saturated carbocycles. The molecule has 0 aromatic heterocycles.